The average Bonchev–Trinajstić information content (AvgIpc) is 3.06. The molecule has 134 valence electrons. The van der Waals surface area contributed by atoms with Crippen molar-refractivity contribution in [3.63, 3.8) is 0 Å². The Bertz CT molecular complexity index is 720. The fourth-order valence-electron chi connectivity index (χ4n) is 4.02. The van der Waals surface area contributed by atoms with E-state index in [1.165, 1.54) is 7.05 Å². The molecule has 1 aromatic carbocycles. The molecule has 7 heteroatoms. The van der Waals surface area contributed by atoms with Crippen molar-refractivity contribution in [2.45, 2.75) is 31.8 Å². The smallest absolute Gasteiger partial charge is 0.327 e. The number of amides is 2. The predicted molar refractivity (Wildman–Crippen MR) is 91.7 cm³/mol. The average molecular weight is 365 g/mol. The number of imide groups is 1. The Hall–Kier alpha value is -1.92. The number of ether oxygens (including phenoxy) is 1. The first kappa shape index (κ1) is 17.9. The number of fused-ring (bicyclic) bond motifs is 1. The van der Waals surface area contributed by atoms with Crippen molar-refractivity contribution in [3.05, 3.63) is 34.9 Å². The topological polar surface area (TPSA) is 75.7 Å². The molecule has 0 radical (unpaired) electrons. The minimum absolute atomic E-state index is 0.212. The van der Waals surface area contributed by atoms with Crippen LogP contribution in [0, 0.1) is 11.8 Å². The first-order valence-electron chi connectivity index (χ1n) is 8.39. The van der Waals surface area contributed by atoms with Gasteiger partial charge >= 0.3 is 5.97 Å². The molecule has 2 aliphatic rings. The van der Waals surface area contributed by atoms with E-state index >= 15 is 0 Å². The quantitative estimate of drug-likeness (QED) is 0.652. The van der Waals surface area contributed by atoms with Crippen LogP contribution >= 0.6 is 11.6 Å². The molecule has 1 N–H and O–H groups in total. The molecule has 2 heterocycles. The Balaban J connectivity index is 2.10. The molecule has 0 unspecified atom stereocenters. The van der Waals surface area contributed by atoms with E-state index in [4.69, 9.17) is 16.3 Å². The van der Waals surface area contributed by atoms with Crippen molar-refractivity contribution in [1.82, 2.24) is 10.2 Å². The third-order valence-electron chi connectivity index (χ3n) is 5.30. The highest BCUT2D eigenvalue weighted by Crippen LogP contribution is 2.50. The van der Waals surface area contributed by atoms with Gasteiger partial charge in [-0.15, -0.1) is 0 Å². The molecule has 0 saturated carbocycles. The number of benzene rings is 1. The lowest BCUT2D eigenvalue weighted by molar-refractivity contribution is -0.156. The van der Waals surface area contributed by atoms with E-state index in [1.54, 1.807) is 19.1 Å². The van der Waals surface area contributed by atoms with E-state index in [2.05, 4.69) is 5.32 Å². The van der Waals surface area contributed by atoms with Crippen LogP contribution in [0.3, 0.4) is 0 Å². The van der Waals surface area contributed by atoms with Crippen molar-refractivity contribution in [2.75, 3.05) is 13.7 Å². The van der Waals surface area contributed by atoms with E-state index in [0.29, 0.717) is 11.4 Å². The van der Waals surface area contributed by atoms with Crippen LogP contribution < -0.4 is 5.32 Å². The maximum absolute atomic E-state index is 12.7. The van der Waals surface area contributed by atoms with Crippen molar-refractivity contribution < 1.29 is 19.1 Å². The SMILES string of the molecule is CCOC(=O)[C@]1(CC)N[C@H](c2ccc(Cl)cc2)[C@@H]2C(=O)N(C)C(=O)[C@@H]21. The maximum Gasteiger partial charge on any atom is 0.327 e. The van der Waals surface area contributed by atoms with E-state index in [9.17, 15) is 14.4 Å². The van der Waals surface area contributed by atoms with E-state index in [0.717, 1.165) is 10.5 Å². The summed E-state index contributed by atoms with van der Waals surface area (Å²) in [5, 5.41) is 3.85. The monoisotopic (exact) mass is 364 g/mol. The molecule has 3 rings (SSSR count). The highest BCUT2D eigenvalue weighted by molar-refractivity contribution is 6.30. The number of rotatable bonds is 4. The number of halogens is 1. The van der Waals surface area contributed by atoms with Crippen molar-refractivity contribution in [3.8, 4) is 0 Å². The molecule has 0 aromatic heterocycles. The van der Waals surface area contributed by atoms with Crippen molar-refractivity contribution in [1.29, 1.82) is 0 Å². The Morgan fingerprint density at radius 3 is 2.44 bits per heavy atom. The van der Waals surface area contributed by atoms with Gasteiger partial charge in [0, 0.05) is 18.1 Å². The Kier molecular flexibility index (Phi) is 4.60. The van der Waals surface area contributed by atoms with Gasteiger partial charge in [0.25, 0.3) is 0 Å². The van der Waals surface area contributed by atoms with Gasteiger partial charge in [-0.25, -0.2) is 0 Å². The Morgan fingerprint density at radius 2 is 1.88 bits per heavy atom. The summed E-state index contributed by atoms with van der Waals surface area (Å²) in [5.41, 5.74) is -0.391. The molecular formula is C18H21ClN2O4. The molecule has 2 amide bonds. The number of likely N-dealkylation sites (tertiary alicyclic amines) is 1. The largest absolute Gasteiger partial charge is 0.465 e. The number of carbonyl (C=O) groups is 3. The first-order chi connectivity index (χ1) is 11.9. The second-order valence-electron chi connectivity index (χ2n) is 6.46. The van der Waals surface area contributed by atoms with Gasteiger partial charge in [-0.1, -0.05) is 30.7 Å². The summed E-state index contributed by atoms with van der Waals surface area (Å²) >= 11 is 5.96. The number of nitrogens with zero attached hydrogens (tertiary/aromatic N) is 1. The van der Waals surface area contributed by atoms with Crippen LogP contribution in [-0.2, 0) is 19.1 Å². The van der Waals surface area contributed by atoms with Crippen molar-refractivity contribution >= 4 is 29.4 Å². The molecule has 0 aliphatic carbocycles. The molecular weight excluding hydrogens is 344 g/mol. The molecule has 0 spiro atoms. The van der Waals surface area contributed by atoms with E-state index < -0.39 is 29.4 Å². The number of hydrogen-bond donors (Lipinski definition) is 1. The van der Waals surface area contributed by atoms with Crippen LogP contribution in [0.25, 0.3) is 0 Å². The second kappa shape index (κ2) is 6.42. The van der Waals surface area contributed by atoms with Crippen LogP contribution in [-0.4, -0.2) is 41.9 Å². The van der Waals surface area contributed by atoms with Crippen LogP contribution in [0.4, 0.5) is 0 Å². The second-order valence-corrected chi connectivity index (χ2v) is 6.89. The molecule has 25 heavy (non-hydrogen) atoms. The highest BCUT2D eigenvalue weighted by Gasteiger charge is 2.67. The van der Waals surface area contributed by atoms with Crippen LogP contribution in [0.1, 0.15) is 31.9 Å². The summed E-state index contributed by atoms with van der Waals surface area (Å²) in [6.07, 6.45) is 0.351. The zero-order chi connectivity index (χ0) is 18.4. The van der Waals surface area contributed by atoms with Gasteiger partial charge in [0.15, 0.2) is 0 Å². The zero-order valence-corrected chi connectivity index (χ0v) is 15.2. The summed E-state index contributed by atoms with van der Waals surface area (Å²) in [4.78, 5) is 39.3. The van der Waals surface area contributed by atoms with Gasteiger partial charge in [-0.3, -0.25) is 24.6 Å². The van der Waals surface area contributed by atoms with Gasteiger partial charge in [-0.05, 0) is 31.0 Å². The number of nitrogens with one attached hydrogen (secondary N) is 1. The Labute approximate surface area is 151 Å². The summed E-state index contributed by atoms with van der Waals surface area (Å²) < 4.78 is 5.25. The van der Waals surface area contributed by atoms with Gasteiger partial charge in [0.05, 0.1) is 18.4 Å². The van der Waals surface area contributed by atoms with E-state index in [-0.39, 0.29) is 18.4 Å². The molecule has 0 bridgehead atoms. The summed E-state index contributed by atoms with van der Waals surface area (Å²) in [6.45, 7) is 3.75. The lowest BCUT2D eigenvalue weighted by atomic mass is 9.78. The van der Waals surface area contributed by atoms with Gasteiger partial charge < -0.3 is 4.74 Å². The Morgan fingerprint density at radius 1 is 1.24 bits per heavy atom. The highest BCUT2D eigenvalue weighted by atomic mass is 35.5. The molecule has 2 fully saturated rings. The molecule has 4 atom stereocenters. The minimum atomic E-state index is -1.21. The summed E-state index contributed by atoms with van der Waals surface area (Å²) in [7, 11) is 1.47. The fourth-order valence-corrected chi connectivity index (χ4v) is 4.15. The number of esters is 1. The molecule has 2 saturated heterocycles. The maximum atomic E-state index is 12.7. The minimum Gasteiger partial charge on any atom is -0.465 e. The van der Waals surface area contributed by atoms with Crippen LogP contribution in [0.15, 0.2) is 24.3 Å². The molecule has 6 nitrogen and oxygen atoms in total. The van der Waals surface area contributed by atoms with Crippen molar-refractivity contribution in [2.24, 2.45) is 11.8 Å². The summed E-state index contributed by atoms with van der Waals surface area (Å²) in [6, 6.07) is 6.63. The predicted octanol–water partition coefficient (Wildman–Crippen LogP) is 1.93. The first-order valence-corrected chi connectivity index (χ1v) is 8.77. The zero-order valence-electron chi connectivity index (χ0n) is 14.4. The third-order valence-corrected chi connectivity index (χ3v) is 5.55. The number of hydrogen-bond acceptors (Lipinski definition) is 5. The van der Waals surface area contributed by atoms with Crippen LogP contribution in [0.5, 0.6) is 0 Å². The van der Waals surface area contributed by atoms with E-state index in [1.807, 2.05) is 19.1 Å². The normalized spacial score (nSPS) is 31.4. The standard InChI is InChI=1S/C18H21ClN2O4/c1-4-18(17(24)25-5-2)13-12(15(22)21(3)16(13)23)14(20-18)10-6-8-11(19)9-7-10/h6-9,12-14,20H,4-5H2,1-3H3/t12-,13-,14-,18-/m1/s1. The van der Waals surface area contributed by atoms with Crippen LogP contribution in [0.2, 0.25) is 5.02 Å². The molecule has 2 aliphatic heterocycles. The lowest BCUT2D eigenvalue weighted by Crippen LogP contribution is -2.55. The molecule has 1 aromatic rings. The fraction of sp³-hybridized carbons (Fsp3) is 0.500. The third kappa shape index (κ3) is 2.55. The van der Waals surface area contributed by atoms with Gasteiger partial charge in [0.2, 0.25) is 11.8 Å². The number of carbonyl (C=O) groups excluding carboxylic acids is 3. The van der Waals surface area contributed by atoms with Gasteiger partial charge in [-0.2, -0.15) is 0 Å². The van der Waals surface area contributed by atoms with Gasteiger partial charge in [0.1, 0.15) is 5.54 Å². The summed E-state index contributed by atoms with van der Waals surface area (Å²) in [5.74, 6) is -2.51. The lowest BCUT2D eigenvalue weighted by Gasteiger charge is -2.31.